The quantitative estimate of drug-likeness (QED) is 0.111. The number of nitriles is 1. The van der Waals surface area contributed by atoms with Gasteiger partial charge in [-0.2, -0.15) is 5.26 Å². The number of hydrogen-bond acceptors (Lipinski definition) is 16. The Morgan fingerprint density at radius 3 is 2.09 bits per heavy atom. The molecule has 2 saturated heterocycles. The number of methoxy groups -OCH3 is 1. The van der Waals surface area contributed by atoms with Crippen molar-refractivity contribution in [2.75, 3.05) is 33.5 Å². The summed E-state index contributed by atoms with van der Waals surface area (Å²) in [6.45, 7) is -0.690. The molecule has 0 aliphatic carbocycles. The summed E-state index contributed by atoms with van der Waals surface area (Å²) in [5, 5.41) is 40.1. The number of nitrogens with zero attached hydrogens (tertiary/aromatic N) is 3. The lowest BCUT2D eigenvalue weighted by atomic mass is 9.93. The Bertz CT molecular complexity index is 1800. The van der Waals surface area contributed by atoms with E-state index in [1.165, 1.54) is 26.2 Å². The maximum atomic E-state index is 14.1. The van der Waals surface area contributed by atoms with Crippen LogP contribution in [0.3, 0.4) is 0 Å². The molecule has 0 saturated carbocycles. The first kappa shape index (κ1) is 36.1. The summed E-state index contributed by atoms with van der Waals surface area (Å²) in [7, 11) is -4.00. The first-order valence-corrected chi connectivity index (χ1v) is 15.6. The standard InChI is InChI=1S/C26H34N5O15P/c1-13-6-30(24(38)28-21(13)35)19-4-15(34)18(45-19)9-42-47(40,43-12-26(10-27,11-33)23(37)41-3)46-16-5-20(44-17(16)8-32)31-7-14(2)22(36)29-25(31)39/h6-7,15-20,32-34H,4-5,8-9,11-12H2,1-3H3,(H,28,35,38)(H,29,36,39)/t15-,16-,17+,18+,19+,20+,26?,47?/m0/s1. The summed E-state index contributed by atoms with van der Waals surface area (Å²) in [5.41, 5.74) is -4.88. The van der Waals surface area contributed by atoms with Crippen molar-refractivity contribution in [1.29, 1.82) is 5.26 Å². The van der Waals surface area contributed by atoms with Crippen LogP contribution in [0.2, 0.25) is 0 Å². The Hall–Kier alpha value is -3.77. The van der Waals surface area contributed by atoms with Gasteiger partial charge in [0, 0.05) is 36.4 Å². The average Bonchev–Trinajstić information content (AvgIpc) is 3.62. The minimum Gasteiger partial charge on any atom is -0.468 e. The van der Waals surface area contributed by atoms with E-state index in [4.69, 9.17) is 23.0 Å². The molecular formula is C26H34N5O15P. The second-order valence-electron chi connectivity index (χ2n) is 10.9. The molecule has 0 radical (unpaired) electrons. The van der Waals surface area contributed by atoms with Gasteiger partial charge >= 0.3 is 25.2 Å². The maximum Gasteiger partial charge on any atom is 0.475 e. The van der Waals surface area contributed by atoms with Gasteiger partial charge in [0.1, 0.15) is 30.8 Å². The molecule has 0 amide bonds. The zero-order chi connectivity index (χ0) is 34.7. The lowest BCUT2D eigenvalue weighted by molar-refractivity contribution is -0.153. The Morgan fingerprint density at radius 2 is 1.57 bits per heavy atom. The van der Waals surface area contributed by atoms with Crippen LogP contribution >= 0.6 is 7.82 Å². The molecule has 4 rings (SSSR count). The zero-order valence-electron chi connectivity index (χ0n) is 25.4. The lowest BCUT2D eigenvalue weighted by Gasteiger charge is -2.27. The van der Waals surface area contributed by atoms with Crippen molar-refractivity contribution in [3.63, 3.8) is 0 Å². The average molecular weight is 688 g/mol. The molecular weight excluding hydrogens is 653 g/mol. The van der Waals surface area contributed by atoms with Gasteiger partial charge in [0.05, 0.1) is 45.7 Å². The molecule has 2 aromatic rings. The van der Waals surface area contributed by atoms with Crippen molar-refractivity contribution in [3.8, 4) is 6.07 Å². The van der Waals surface area contributed by atoms with Gasteiger partial charge in [0.25, 0.3) is 11.1 Å². The van der Waals surface area contributed by atoms with Gasteiger partial charge in [-0.25, -0.2) is 14.2 Å². The van der Waals surface area contributed by atoms with Gasteiger partial charge < -0.3 is 29.5 Å². The van der Waals surface area contributed by atoms with Gasteiger partial charge in [-0.05, 0) is 13.8 Å². The first-order chi connectivity index (χ1) is 22.2. The molecule has 0 spiro atoms. The Kier molecular flexibility index (Phi) is 11.2. The highest BCUT2D eigenvalue weighted by Gasteiger charge is 2.48. The smallest absolute Gasteiger partial charge is 0.468 e. The third kappa shape index (κ3) is 7.70. The monoisotopic (exact) mass is 687 g/mol. The molecule has 258 valence electrons. The van der Waals surface area contributed by atoms with Crippen molar-refractivity contribution < 1.29 is 52.5 Å². The fraction of sp³-hybridized carbons (Fsp3) is 0.615. The highest BCUT2D eigenvalue weighted by atomic mass is 31.2. The summed E-state index contributed by atoms with van der Waals surface area (Å²) in [6, 6.07) is 1.55. The normalized spacial score (nSPS) is 26.7. The summed E-state index contributed by atoms with van der Waals surface area (Å²) in [5.74, 6) is -1.22. The van der Waals surface area contributed by atoms with E-state index in [0.29, 0.717) is 0 Å². The van der Waals surface area contributed by atoms with Crippen LogP contribution in [0.1, 0.15) is 36.4 Å². The van der Waals surface area contributed by atoms with Crippen LogP contribution in [0.5, 0.6) is 0 Å². The van der Waals surface area contributed by atoms with Crippen LogP contribution in [-0.4, -0.2) is 98.3 Å². The van der Waals surface area contributed by atoms with E-state index in [2.05, 4.69) is 14.7 Å². The molecule has 0 bridgehead atoms. The van der Waals surface area contributed by atoms with E-state index in [9.17, 15) is 49.1 Å². The van der Waals surface area contributed by atoms with Gasteiger partial charge in [0.15, 0.2) is 0 Å². The van der Waals surface area contributed by atoms with Gasteiger partial charge in [-0.1, -0.05) is 0 Å². The number of aromatic amines is 2. The fourth-order valence-electron chi connectivity index (χ4n) is 4.88. The molecule has 5 N–H and O–H groups in total. The second-order valence-corrected chi connectivity index (χ2v) is 12.6. The summed E-state index contributed by atoms with van der Waals surface area (Å²) < 4.78 is 48.7. The molecule has 20 nitrogen and oxygen atoms in total. The summed E-state index contributed by atoms with van der Waals surface area (Å²) in [4.78, 5) is 64.9. The molecule has 2 aliphatic heterocycles. The number of H-pyrrole nitrogens is 2. The summed E-state index contributed by atoms with van der Waals surface area (Å²) in [6.07, 6.45) is -5.21. The predicted molar refractivity (Wildman–Crippen MR) is 154 cm³/mol. The number of hydrogen-bond donors (Lipinski definition) is 5. The molecule has 2 fully saturated rings. The van der Waals surface area contributed by atoms with Crippen molar-refractivity contribution >= 4 is 13.8 Å². The number of aromatic nitrogens is 4. The summed E-state index contributed by atoms with van der Waals surface area (Å²) >= 11 is 0. The van der Waals surface area contributed by atoms with Gasteiger partial charge in [-0.15, -0.1) is 0 Å². The van der Waals surface area contributed by atoms with E-state index < -0.39 is 105 Å². The number of carbonyl (C=O) groups excluding carboxylic acids is 1. The maximum absolute atomic E-state index is 14.1. The van der Waals surface area contributed by atoms with E-state index in [1.807, 2.05) is 0 Å². The van der Waals surface area contributed by atoms with Crippen LogP contribution in [0, 0.1) is 30.6 Å². The van der Waals surface area contributed by atoms with Crippen LogP contribution < -0.4 is 22.5 Å². The number of aliphatic hydroxyl groups excluding tert-OH is 3. The van der Waals surface area contributed by atoms with E-state index in [0.717, 1.165) is 16.2 Å². The van der Waals surface area contributed by atoms with E-state index >= 15 is 0 Å². The number of nitrogens with one attached hydrogen (secondary N) is 2. The third-order valence-electron chi connectivity index (χ3n) is 7.67. The van der Waals surface area contributed by atoms with E-state index in [-0.39, 0.29) is 24.0 Å². The zero-order valence-corrected chi connectivity index (χ0v) is 26.3. The molecule has 0 aromatic carbocycles. The number of aryl methyl sites for hydroxylation is 2. The largest absolute Gasteiger partial charge is 0.475 e. The minimum absolute atomic E-state index is 0.145. The molecule has 47 heavy (non-hydrogen) atoms. The minimum atomic E-state index is -4.95. The number of phosphoric acid groups is 1. The number of rotatable bonds is 13. The van der Waals surface area contributed by atoms with Gasteiger partial charge in [-0.3, -0.25) is 47.1 Å². The van der Waals surface area contributed by atoms with Crippen LogP contribution in [0.25, 0.3) is 0 Å². The second kappa shape index (κ2) is 14.6. The topological polar surface area (TPSA) is 284 Å². The number of aliphatic hydroxyl groups is 3. The Balaban J connectivity index is 1.58. The molecule has 2 aliphatic rings. The van der Waals surface area contributed by atoms with Gasteiger partial charge in [0.2, 0.25) is 5.41 Å². The van der Waals surface area contributed by atoms with Crippen molar-refractivity contribution in [1.82, 2.24) is 19.1 Å². The molecule has 21 heteroatoms. The van der Waals surface area contributed by atoms with Crippen molar-refractivity contribution in [2.24, 2.45) is 5.41 Å². The van der Waals surface area contributed by atoms with Crippen molar-refractivity contribution in [2.45, 2.75) is 63.6 Å². The predicted octanol–water partition coefficient (Wildman–Crippen LogP) is -2.17. The van der Waals surface area contributed by atoms with Crippen LogP contribution in [-0.2, 0) is 37.1 Å². The van der Waals surface area contributed by atoms with Crippen LogP contribution in [0.15, 0.2) is 31.6 Å². The number of ether oxygens (including phenoxy) is 3. The molecule has 8 atom stereocenters. The third-order valence-corrected chi connectivity index (χ3v) is 9.11. The SMILES string of the molecule is COC(=O)C(C#N)(CO)COP(=O)(OC[C@H]1O[C@@H](n2cc(C)c(=O)[nH]c2=O)C[C@@H]1O)O[C@H]1C[C@H](n2cc(C)c(=O)[nH]c2=O)O[C@@H]1CO. The van der Waals surface area contributed by atoms with E-state index in [1.54, 1.807) is 6.07 Å². The Labute approximate surface area is 264 Å². The van der Waals surface area contributed by atoms with Crippen molar-refractivity contribution in [3.05, 3.63) is 65.2 Å². The number of carbonyl (C=O) groups is 1. The molecule has 4 heterocycles. The number of esters is 1. The fourth-order valence-corrected chi connectivity index (χ4v) is 6.34. The Morgan fingerprint density at radius 1 is 1.02 bits per heavy atom. The molecule has 2 aromatic heterocycles. The lowest BCUT2D eigenvalue weighted by Crippen LogP contribution is -2.39. The van der Waals surface area contributed by atoms with Crippen LogP contribution in [0.4, 0.5) is 0 Å². The highest BCUT2D eigenvalue weighted by Crippen LogP contribution is 2.54. The number of phosphoric ester groups is 1. The first-order valence-electron chi connectivity index (χ1n) is 14.1. The molecule has 2 unspecified atom stereocenters. The highest BCUT2D eigenvalue weighted by molar-refractivity contribution is 7.48.